The lowest BCUT2D eigenvalue weighted by molar-refractivity contribution is 0.0950. The first kappa shape index (κ1) is 15.2. The van der Waals surface area contributed by atoms with Gasteiger partial charge in [0.2, 0.25) is 0 Å². The number of rotatable bonds is 5. The van der Waals surface area contributed by atoms with Crippen LogP contribution in [0.5, 0.6) is 0 Å². The zero-order valence-electron chi connectivity index (χ0n) is 12.5. The average Bonchev–Trinajstić information content (AvgIpc) is 3.09. The molecule has 1 aromatic carbocycles. The molecule has 0 aliphatic carbocycles. The van der Waals surface area contributed by atoms with Crippen molar-refractivity contribution in [2.24, 2.45) is 0 Å². The van der Waals surface area contributed by atoms with E-state index >= 15 is 0 Å². The molecular formula is C16H15N5OS. The topological polar surface area (TPSA) is 83.6 Å². The van der Waals surface area contributed by atoms with Crippen molar-refractivity contribution in [3.8, 4) is 11.3 Å². The van der Waals surface area contributed by atoms with E-state index in [4.69, 9.17) is 0 Å². The third-order valence-electron chi connectivity index (χ3n) is 3.29. The van der Waals surface area contributed by atoms with Crippen molar-refractivity contribution >= 4 is 17.7 Å². The van der Waals surface area contributed by atoms with Crippen molar-refractivity contribution in [1.82, 2.24) is 25.5 Å². The van der Waals surface area contributed by atoms with Crippen LogP contribution in [0.1, 0.15) is 15.9 Å². The molecule has 0 aliphatic heterocycles. The summed E-state index contributed by atoms with van der Waals surface area (Å²) >= 11 is 1.43. The lowest BCUT2D eigenvalue weighted by atomic mass is 10.1. The summed E-state index contributed by atoms with van der Waals surface area (Å²) in [5.41, 5.74) is 3.29. The minimum atomic E-state index is -0.210. The summed E-state index contributed by atoms with van der Waals surface area (Å²) in [5.74, 6) is -0.210. The number of aromatic amines is 1. The third-order valence-corrected chi connectivity index (χ3v) is 3.87. The van der Waals surface area contributed by atoms with Gasteiger partial charge in [-0.2, -0.15) is 5.10 Å². The standard InChI is InChI=1S/C16H15N5OS/c1-23-16-18-8-13(9-19-16)15(22)17-7-12-10-20-21-14(12)11-5-3-2-4-6-11/h2-6,8-10H,7H2,1H3,(H,17,22)(H,20,21). The Balaban J connectivity index is 1.69. The number of hydrogen-bond donors (Lipinski definition) is 2. The maximum Gasteiger partial charge on any atom is 0.254 e. The molecule has 6 nitrogen and oxygen atoms in total. The highest BCUT2D eigenvalue weighted by Crippen LogP contribution is 2.20. The SMILES string of the molecule is CSc1ncc(C(=O)NCc2cn[nH]c2-c2ccccc2)cn1. The molecule has 0 unspecified atom stereocenters. The minimum Gasteiger partial charge on any atom is -0.348 e. The lowest BCUT2D eigenvalue weighted by Gasteiger charge is -2.06. The van der Waals surface area contributed by atoms with E-state index in [0.717, 1.165) is 16.8 Å². The predicted octanol–water partition coefficient (Wildman–Crippen LogP) is 2.52. The van der Waals surface area contributed by atoms with Gasteiger partial charge in [-0.1, -0.05) is 42.1 Å². The van der Waals surface area contributed by atoms with Crippen molar-refractivity contribution in [2.45, 2.75) is 11.7 Å². The summed E-state index contributed by atoms with van der Waals surface area (Å²) in [5, 5.41) is 10.5. The number of hydrogen-bond acceptors (Lipinski definition) is 5. The van der Waals surface area contributed by atoms with E-state index in [0.29, 0.717) is 17.3 Å². The Morgan fingerprint density at radius 1 is 1.17 bits per heavy atom. The first-order valence-corrected chi connectivity index (χ1v) is 8.22. The zero-order chi connectivity index (χ0) is 16.1. The van der Waals surface area contributed by atoms with Crippen LogP contribution >= 0.6 is 11.8 Å². The van der Waals surface area contributed by atoms with Gasteiger partial charge in [-0.05, 0) is 11.8 Å². The van der Waals surface area contributed by atoms with Crippen molar-refractivity contribution < 1.29 is 4.79 Å². The van der Waals surface area contributed by atoms with Crippen LogP contribution in [-0.2, 0) is 6.54 Å². The molecule has 0 saturated heterocycles. The number of aromatic nitrogens is 4. The second-order valence-corrected chi connectivity index (χ2v) is 5.55. The van der Waals surface area contributed by atoms with Crippen LogP contribution in [0, 0.1) is 0 Å². The fourth-order valence-electron chi connectivity index (χ4n) is 2.12. The summed E-state index contributed by atoms with van der Waals surface area (Å²) < 4.78 is 0. The molecule has 23 heavy (non-hydrogen) atoms. The van der Waals surface area contributed by atoms with Crippen LogP contribution in [0.4, 0.5) is 0 Å². The Bertz CT molecular complexity index is 786. The van der Waals surface area contributed by atoms with Gasteiger partial charge in [0.15, 0.2) is 5.16 Å². The summed E-state index contributed by atoms with van der Waals surface area (Å²) in [4.78, 5) is 20.4. The van der Waals surface area contributed by atoms with Crippen LogP contribution in [0.2, 0.25) is 0 Å². The lowest BCUT2D eigenvalue weighted by Crippen LogP contribution is -2.23. The molecule has 2 heterocycles. The summed E-state index contributed by atoms with van der Waals surface area (Å²) in [7, 11) is 0. The number of carbonyl (C=O) groups excluding carboxylic acids is 1. The van der Waals surface area contributed by atoms with Crippen molar-refractivity contribution in [3.05, 3.63) is 60.0 Å². The van der Waals surface area contributed by atoms with Crippen LogP contribution in [0.15, 0.2) is 54.1 Å². The molecular weight excluding hydrogens is 310 g/mol. The maximum atomic E-state index is 12.2. The summed E-state index contributed by atoms with van der Waals surface area (Å²) in [6, 6.07) is 9.87. The Morgan fingerprint density at radius 2 is 1.91 bits per heavy atom. The molecule has 0 atom stereocenters. The molecule has 3 aromatic rings. The summed E-state index contributed by atoms with van der Waals surface area (Å²) in [6.07, 6.45) is 6.66. The largest absolute Gasteiger partial charge is 0.348 e. The molecule has 116 valence electrons. The van der Waals surface area contributed by atoms with Crippen molar-refractivity contribution in [3.63, 3.8) is 0 Å². The molecule has 0 saturated carbocycles. The number of amides is 1. The molecule has 0 fully saturated rings. The third kappa shape index (κ3) is 3.57. The van der Waals surface area contributed by atoms with E-state index in [1.165, 1.54) is 24.2 Å². The Labute approximate surface area is 137 Å². The zero-order valence-corrected chi connectivity index (χ0v) is 13.3. The van der Waals surface area contributed by atoms with Crippen LogP contribution in [-0.4, -0.2) is 32.3 Å². The molecule has 7 heteroatoms. The molecule has 2 aromatic heterocycles. The monoisotopic (exact) mass is 325 g/mol. The Hall–Kier alpha value is -2.67. The fourth-order valence-corrected chi connectivity index (χ4v) is 2.43. The van der Waals surface area contributed by atoms with Gasteiger partial charge in [-0.25, -0.2) is 9.97 Å². The van der Waals surface area contributed by atoms with E-state index in [9.17, 15) is 4.79 Å². The van der Waals surface area contributed by atoms with Crippen molar-refractivity contribution in [1.29, 1.82) is 0 Å². The van der Waals surface area contributed by atoms with E-state index in [-0.39, 0.29) is 5.91 Å². The molecule has 0 radical (unpaired) electrons. The number of benzene rings is 1. The number of nitrogens with one attached hydrogen (secondary N) is 2. The van der Waals surface area contributed by atoms with Crippen LogP contribution in [0.3, 0.4) is 0 Å². The maximum absolute atomic E-state index is 12.2. The molecule has 2 N–H and O–H groups in total. The van der Waals surface area contributed by atoms with Gasteiger partial charge in [-0.3, -0.25) is 9.89 Å². The van der Waals surface area contributed by atoms with Gasteiger partial charge in [0.25, 0.3) is 5.91 Å². The van der Waals surface area contributed by atoms with Crippen LogP contribution < -0.4 is 5.32 Å². The van der Waals surface area contributed by atoms with Gasteiger partial charge in [0, 0.05) is 24.5 Å². The predicted molar refractivity (Wildman–Crippen MR) is 89.0 cm³/mol. The molecule has 0 bridgehead atoms. The van der Waals surface area contributed by atoms with Gasteiger partial charge in [0.1, 0.15) is 0 Å². The first-order chi connectivity index (χ1) is 11.3. The van der Waals surface area contributed by atoms with Gasteiger partial charge in [-0.15, -0.1) is 0 Å². The Morgan fingerprint density at radius 3 is 2.61 bits per heavy atom. The van der Waals surface area contributed by atoms with E-state index in [2.05, 4.69) is 25.5 Å². The van der Waals surface area contributed by atoms with Crippen molar-refractivity contribution in [2.75, 3.05) is 6.26 Å². The molecule has 3 rings (SSSR count). The number of nitrogens with zero attached hydrogens (tertiary/aromatic N) is 3. The minimum absolute atomic E-state index is 0.210. The fraction of sp³-hybridized carbons (Fsp3) is 0.125. The molecule has 0 spiro atoms. The Kier molecular flexibility index (Phi) is 4.68. The average molecular weight is 325 g/mol. The highest BCUT2D eigenvalue weighted by atomic mass is 32.2. The highest BCUT2D eigenvalue weighted by Gasteiger charge is 2.11. The smallest absolute Gasteiger partial charge is 0.254 e. The normalized spacial score (nSPS) is 10.5. The van der Waals surface area contributed by atoms with E-state index < -0.39 is 0 Å². The second kappa shape index (κ2) is 7.06. The van der Waals surface area contributed by atoms with Gasteiger partial charge in [0.05, 0.1) is 17.5 Å². The quantitative estimate of drug-likeness (QED) is 0.556. The molecule has 1 amide bonds. The second-order valence-electron chi connectivity index (χ2n) is 4.78. The summed E-state index contributed by atoms with van der Waals surface area (Å²) in [6.45, 7) is 0.379. The van der Waals surface area contributed by atoms with Gasteiger partial charge < -0.3 is 5.32 Å². The number of thioether (sulfide) groups is 1. The van der Waals surface area contributed by atoms with Crippen LogP contribution in [0.25, 0.3) is 11.3 Å². The van der Waals surface area contributed by atoms with E-state index in [1.54, 1.807) is 6.20 Å². The highest BCUT2D eigenvalue weighted by molar-refractivity contribution is 7.98. The first-order valence-electron chi connectivity index (χ1n) is 7.00. The number of H-pyrrole nitrogens is 1. The number of carbonyl (C=O) groups is 1. The van der Waals surface area contributed by atoms with E-state index in [1.807, 2.05) is 36.6 Å². The van der Waals surface area contributed by atoms with Gasteiger partial charge >= 0.3 is 0 Å². The molecule has 0 aliphatic rings.